The van der Waals surface area contributed by atoms with Gasteiger partial charge in [0.05, 0.1) is 5.54 Å². The molecule has 3 nitrogen and oxygen atoms in total. The number of carbonyl (C=O) groups excluding carboxylic acids is 1. The highest BCUT2D eigenvalue weighted by molar-refractivity contribution is 6.00. The van der Waals surface area contributed by atoms with Crippen LogP contribution in [0, 0.1) is 11.2 Å². The van der Waals surface area contributed by atoms with Crippen LogP contribution in [0.3, 0.4) is 0 Å². The number of benzene rings is 1. The lowest BCUT2D eigenvalue weighted by Crippen LogP contribution is -2.51. The van der Waals surface area contributed by atoms with Crippen molar-refractivity contribution in [3.05, 3.63) is 30.1 Å². The summed E-state index contributed by atoms with van der Waals surface area (Å²) in [5, 5.41) is 3.37. The normalized spacial score (nSPS) is 24.4. The summed E-state index contributed by atoms with van der Waals surface area (Å²) in [7, 11) is 0. The zero-order valence-corrected chi connectivity index (χ0v) is 11.4. The molecule has 1 spiro atoms. The van der Waals surface area contributed by atoms with Gasteiger partial charge in [-0.3, -0.25) is 4.79 Å². The molecule has 1 saturated carbocycles. The SMILES string of the molecule is CC1(C)NCC2(CC2)CN(c2ccc(F)cc2)C1=O. The summed E-state index contributed by atoms with van der Waals surface area (Å²) in [6.45, 7) is 5.43. The number of halogens is 1. The minimum absolute atomic E-state index is 0.0582. The van der Waals surface area contributed by atoms with Crippen molar-refractivity contribution >= 4 is 11.6 Å². The van der Waals surface area contributed by atoms with Gasteiger partial charge in [0.15, 0.2) is 0 Å². The molecule has 1 saturated heterocycles. The minimum atomic E-state index is -0.569. The Kier molecular flexibility index (Phi) is 2.68. The van der Waals surface area contributed by atoms with Crippen molar-refractivity contribution in [3.63, 3.8) is 0 Å². The van der Waals surface area contributed by atoms with Crippen molar-refractivity contribution in [2.24, 2.45) is 5.41 Å². The minimum Gasteiger partial charge on any atom is -0.310 e. The monoisotopic (exact) mass is 262 g/mol. The van der Waals surface area contributed by atoms with Crippen molar-refractivity contribution in [2.45, 2.75) is 32.2 Å². The molecule has 1 amide bonds. The summed E-state index contributed by atoms with van der Waals surface area (Å²) < 4.78 is 13.0. The van der Waals surface area contributed by atoms with Crippen LogP contribution < -0.4 is 10.2 Å². The first-order valence-corrected chi connectivity index (χ1v) is 6.75. The number of anilines is 1. The summed E-state index contributed by atoms with van der Waals surface area (Å²) in [6.07, 6.45) is 2.31. The van der Waals surface area contributed by atoms with Gasteiger partial charge in [0.2, 0.25) is 5.91 Å². The van der Waals surface area contributed by atoms with Crippen LogP contribution in [0.4, 0.5) is 10.1 Å². The van der Waals surface area contributed by atoms with Gasteiger partial charge in [-0.15, -0.1) is 0 Å². The molecule has 2 aliphatic rings. The third-order valence-electron chi connectivity index (χ3n) is 4.27. The highest BCUT2D eigenvalue weighted by Gasteiger charge is 2.50. The number of hydrogen-bond donors (Lipinski definition) is 1. The van der Waals surface area contributed by atoms with E-state index < -0.39 is 5.54 Å². The van der Waals surface area contributed by atoms with Crippen LogP contribution in [0.25, 0.3) is 0 Å². The molecule has 0 radical (unpaired) electrons. The van der Waals surface area contributed by atoms with E-state index in [1.54, 1.807) is 12.1 Å². The molecule has 2 fully saturated rings. The highest BCUT2D eigenvalue weighted by Crippen LogP contribution is 2.48. The summed E-state index contributed by atoms with van der Waals surface area (Å²) in [5.41, 5.74) is 0.438. The smallest absolute Gasteiger partial charge is 0.246 e. The largest absolute Gasteiger partial charge is 0.310 e. The molecule has 0 atom stereocenters. The van der Waals surface area contributed by atoms with Crippen molar-refractivity contribution in [1.82, 2.24) is 5.32 Å². The predicted octanol–water partition coefficient (Wildman–Crippen LogP) is 2.32. The maximum absolute atomic E-state index is 13.0. The highest BCUT2D eigenvalue weighted by atomic mass is 19.1. The quantitative estimate of drug-likeness (QED) is 0.842. The fraction of sp³-hybridized carbons (Fsp3) is 0.533. The molecule has 102 valence electrons. The number of amides is 1. The zero-order chi connectivity index (χ0) is 13.7. The van der Waals surface area contributed by atoms with Crippen molar-refractivity contribution in [2.75, 3.05) is 18.0 Å². The van der Waals surface area contributed by atoms with Gasteiger partial charge in [0.1, 0.15) is 5.82 Å². The fourth-order valence-electron chi connectivity index (χ4n) is 2.63. The van der Waals surface area contributed by atoms with E-state index in [-0.39, 0.29) is 17.1 Å². The number of rotatable bonds is 1. The van der Waals surface area contributed by atoms with E-state index >= 15 is 0 Å². The molecule has 0 unspecified atom stereocenters. The molecule has 0 aromatic heterocycles. The second-order valence-corrected chi connectivity index (χ2v) is 6.35. The summed E-state index contributed by atoms with van der Waals surface area (Å²) in [5.74, 6) is -0.215. The zero-order valence-electron chi connectivity index (χ0n) is 11.4. The van der Waals surface area contributed by atoms with Gasteiger partial charge in [-0.25, -0.2) is 4.39 Å². The van der Waals surface area contributed by atoms with Crippen LogP contribution >= 0.6 is 0 Å². The molecular formula is C15H19FN2O. The Balaban J connectivity index is 1.96. The van der Waals surface area contributed by atoms with E-state index in [9.17, 15) is 9.18 Å². The average molecular weight is 262 g/mol. The van der Waals surface area contributed by atoms with Gasteiger partial charge in [-0.2, -0.15) is 0 Å². The topological polar surface area (TPSA) is 32.3 Å². The van der Waals surface area contributed by atoms with Crippen LogP contribution in [0.15, 0.2) is 24.3 Å². The maximum atomic E-state index is 13.0. The van der Waals surface area contributed by atoms with Crippen molar-refractivity contribution < 1.29 is 9.18 Å². The summed E-state index contributed by atoms with van der Waals surface area (Å²) in [6, 6.07) is 6.19. The van der Waals surface area contributed by atoms with Gasteiger partial charge in [0.25, 0.3) is 0 Å². The van der Waals surface area contributed by atoms with Crippen molar-refractivity contribution in [3.8, 4) is 0 Å². The third-order valence-corrected chi connectivity index (χ3v) is 4.27. The van der Waals surface area contributed by atoms with Gasteiger partial charge >= 0.3 is 0 Å². The number of carbonyl (C=O) groups is 1. The molecule has 3 rings (SSSR count). The third kappa shape index (κ3) is 2.25. The first kappa shape index (κ1) is 12.6. The van der Waals surface area contributed by atoms with E-state index in [1.807, 2.05) is 18.7 Å². The molecule has 1 aromatic carbocycles. The second-order valence-electron chi connectivity index (χ2n) is 6.35. The molecule has 4 heteroatoms. The predicted molar refractivity (Wildman–Crippen MR) is 72.5 cm³/mol. The Hall–Kier alpha value is -1.42. The number of nitrogens with zero attached hydrogens (tertiary/aromatic N) is 1. The maximum Gasteiger partial charge on any atom is 0.246 e. The summed E-state index contributed by atoms with van der Waals surface area (Å²) >= 11 is 0. The molecular weight excluding hydrogens is 243 g/mol. The van der Waals surface area contributed by atoms with Gasteiger partial charge in [-0.05, 0) is 51.0 Å². The van der Waals surface area contributed by atoms with Gasteiger partial charge in [-0.1, -0.05) is 0 Å². The lowest BCUT2D eigenvalue weighted by atomic mass is 10.0. The Bertz CT molecular complexity index is 505. The second kappa shape index (κ2) is 4.04. The van der Waals surface area contributed by atoms with E-state index in [2.05, 4.69) is 5.32 Å². The summed E-state index contributed by atoms with van der Waals surface area (Å²) in [4.78, 5) is 14.4. The molecule has 1 heterocycles. The van der Waals surface area contributed by atoms with E-state index in [1.165, 1.54) is 12.1 Å². The Morgan fingerprint density at radius 2 is 1.84 bits per heavy atom. The first-order valence-electron chi connectivity index (χ1n) is 6.75. The first-order chi connectivity index (χ1) is 8.92. The van der Waals surface area contributed by atoms with E-state index in [4.69, 9.17) is 0 Å². The lowest BCUT2D eigenvalue weighted by Gasteiger charge is -2.29. The molecule has 1 aromatic rings. The van der Waals surface area contributed by atoms with Crippen LogP contribution in [-0.2, 0) is 4.79 Å². The van der Waals surface area contributed by atoms with E-state index in [0.29, 0.717) is 0 Å². The fourth-order valence-corrected chi connectivity index (χ4v) is 2.63. The van der Waals surface area contributed by atoms with Crippen LogP contribution in [0.1, 0.15) is 26.7 Å². The molecule has 1 aliphatic heterocycles. The van der Waals surface area contributed by atoms with Gasteiger partial charge in [0, 0.05) is 24.2 Å². The van der Waals surface area contributed by atoms with Gasteiger partial charge < -0.3 is 10.2 Å². The van der Waals surface area contributed by atoms with E-state index in [0.717, 1.165) is 31.6 Å². The van der Waals surface area contributed by atoms with Crippen LogP contribution in [-0.4, -0.2) is 24.5 Å². The molecule has 1 N–H and O–H groups in total. The molecule has 0 bridgehead atoms. The Morgan fingerprint density at radius 3 is 2.42 bits per heavy atom. The molecule has 19 heavy (non-hydrogen) atoms. The lowest BCUT2D eigenvalue weighted by molar-refractivity contribution is -0.123. The molecule has 1 aliphatic carbocycles. The Labute approximate surface area is 112 Å². The van der Waals surface area contributed by atoms with Crippen LogP contribution in [0.5, 0.6) is 0 Å². The van der Waals surface area contributed by atoms with Crippen LogP contribution in [0.2, 0.25) is 0 Å². The average Bonchev–Trinajstić information content (AvgIpc) is 3.15. The standard InChI is InChI=1S/C15H19FN2O/c1-14(2)13(19)18(10-15(7-8-15)9-17-14)12-5-3-11(16)4-6-12/h3-6,17H,7-10H2,1-2H3. The number of nitrogens with one attached hydrogen (secondary N) is 1. The number of hydrogen-bond acceptors (Lipinski definition) is 2. The Morgan fingerprint density at radius 1 is 1.21 bits per heavy atom. The van der Waals surface area contributed by atoms with Crippen molar-refractivity contribution in [1.29, 1.82) is 0 Å².